The summed E-state index contributed by atoms with van der Waals surface area (Å²) in [6.07, 6.45) is 0.836. The quantitative estimate of drug-likeness (QED) is 0.522. The minimum Gasteiger partial charge on any atom is -0.508 e. The van der Waals surface area contributed by atoms with Gasteiger partial charge in [0.2, 0.25) is 0 Å². The van der Waals surface area contributed by atoms with Crippen LogP contribution in [0, 0.1) is 0 Å². The highest BCUT2D eigenvalue weighted by Crippen LogP contribution is 2.29. The molecule has 4 aromatic rings. The zero-order valence-corrected chi connectivity index (χ0v) is 12.8. The van der Waals surface area contributed by atoms with Crippen LogP contribution in [0.2, 0.25) is 0 Å². The second kappa shape index (κ2) is 5.70. The molecule has 0 fully saturated rings. The normalized spacial score (nSPS) is 10.8. The van der Waals surface area contributed by atoms with Crippen LogP contribution in [0.3, 0.4) is 0 Å². The van der Waals surface area contributed by atoms with Crippen molar-refractivity contribution in [2.75, 3.05) is 0 Å². The molecule has 24 heavy (non-hydrogen) atoms. The molecule has 0 amide bonds. The molecule has 0 unspecified atom stereocenters. The Kier molecular flexibility index (Phi) is 3.39. The van der Waals surface area contributed by atoms with E-state index in [1.165, 1.54) is 0 Å². The van der Waals surface area contributed by atoms with Gasteiger partial charge in [0, 0.05) is 5.56 Å². The molecule has 0 saturated heterocycles. The van der Waals surface area contributed by atoms with Crippen molar-refractivity contribution in [3.63, 3.8) is 0 Å². The van der Waals surface area contributed by atoms with E-state index in [-0.39, 0.29) is 5.75 Å². The zero-order valence-electron chi connectivity index (χ0n) is 12.8. The maximum atomic E-state index is 10.9. The number of hydrogen-bond acceptors (Lipinski definition) is 3. The van der Waals surface area contributed by atoms with Gasteiger partial charge < -0.3 is 9.84 Å². The fraction of sp³-hybridized carbons (Fsp3) is 0. The Hall–Kier alpha value is -3.33. The first-order valence-electron chi connectivity index (χ1n) is 7.61. The first-order valence-corrected chi connectivity index (χ1v) is 7.61. The van der Waals surface area contributed by atoms with Crippen LogP contribution in [0.1, 0.15) is 10.4 Å². The Morgan fingerprint density at radius 1 is 0.667 bits per heavy atom. The van der Waals surface area contributed by atoms with E-state index in [2.05, 4.69) is 0 Å². The fourth-order valence-electron chi connectivity index (χ4n) is 2.79. The lowest BCUT2D eigenvalue weighted by Crippen LogP contribution is -1.86. The summed E-state index contributed by atoms with van der Waals surface area (Å²) in [5.74, 6) is 1.62. The van der Waals surface area contributed by atoms with E-state index in [9.17, 15) is 9.90 Å². The van der Waals surface area contributed by atoms with Crippen molar-refractivity contribution in [2.45, 2.75) is 0 Å². The van der Waals surface area contributed by atoms with E-state index in [1.807, 2.05) is 54.6 Å². The van der Waals surface area contributed by atoms with Crippen molar-refractivity contribution in [2.24, 2.45) is 0 Å². The molecule has 3 heteroatoms. The highest BCUT2D eigenvalue weighted by Gasteiger charge is 2.03. The molecule has 4 rings (SSSR count). The van der Waals surface area contributed by atoms with Crippen LogP contribution in [0.4, 0.5) is 0 Å². The molecule has 0 heterocycles. The molecule has 0 aliphatic heterocycles. The van der Waals surface area contributed by atoms with Crippen LogP contribution in [0.25, 0.3) is 21.5 Å². The fourth-order valence-corrected chi connectivity index (χ4v) is 2.79. The summed E-state index contributed by atoms with van der Waals surface area (Å²) in [6, 6.07) is 22.3. The van der Waals surface area contributed by atoms with E-state index in [0.29, 0.717) is 17.1 Å². The monoisotopic (exact) mass is 314 g/mol. The van der Waals surface area contributed by atoms with Gasteiger partial charge in [-0.05, 0) is 64.0 Å². The molecule has 0 bridgehead atoms. The van der Waals surface area contributed by atoms with Gasteiger partial charge in [-0.25, -0.2) is 0 Å². The summed E-state index contributed by atoms with van der Waals surface area (Å²) in [4.78, 5) is 10.9. The van der Waals surface area contributed by atoms with Crippen molar-refractivity contribution in [3.05, 3.63) is 78.4 Å². The molecule has 1 N–H and O–H groups in total. The first kappa shape index (κ1) is 14.3. The molecule has 0 saturated carbocycles. The number of carbonyl (C=O) groups is 1. The predicted molar refractivity (Wildman–Crippen MR) is 95.0 cm³/mol. The number of fused-ring (bicyclic) bond motifs is 2. The number of rotatable bonds is 3. The first-order chi connectivity index (χ1) is 11.7. The number of carbonyl (C=O) groups excluding carboxylic acids is 1. The number of aldehydes is 1. The molecule has 0 aliphatic carbocycles. The van der Waals surface area contributed by atoms with Crippen molar-refractivity contribution >= 4 is 27.8 Å². The Labute approximate surface area is 138 Å². The number of hydrogen-bond donors (Lipinski definition) is 1. The summed E-state index contributed by atoms with van der Waals surface area (Å²) in [7, 11) is 0. The third-order valence-corrected chi connectivity index (χ3v) is 4.00. The van der Waals surface area contributed by atoms with Gasteiger partial charge >= 0.3 is 0 Å². The van der Waals surface area contributed by atoms with Crippen LogP contribution < -0.4 is 4.74 Å². The number of ether oxygens (including phenoxy) is 1. The van der Waals surface area contributed by atoms with Gasteiger partial charge in [0.1, 0.15) is 23.5 Å². The molecule has 0 aliphatic rings. The topological polar surface area (TPSA) is 46.5 Å². The maximum absolute atomic E-state index is 10.9. The van der Waals surface area contributed by atoms with Crippen molar-refractivity contribution in [3.8, 4) is 17.2 Å². The number of aromatic hydroxyl groups is 1. The van der Waals surface area contributed by atoms with Gasteiger partial charge in [0.15, 0.2) is 0 Å². The number of phenols is 1. The van der Waals surface area contributed by atoms with E-state index in [0.717, 1.165) is 27.8 Å². The molecule has 116 valence electrons. The number of benzene rings is 4. The van der Waals surface area contributed by atoms with E-state index >= 15 is 0 Å². The summed E-state index contributed by atoms with van der Waals surface area (Å²) >= 11 is 0. The van der Waals surface area contributed by atoms with Crippen LogP contribution in [0.5, 0.6) is 17.2 Å². The van der Waals surface area contributed by atoms with Crippen molar-refractivity contribution in [1.82, 2.24) is 0 Å². The van der Waals surface area contributed by atoms with Gasteiger partial charge in [-0.2, -0.15) is 0 Å². The molecular weight excluding hydrogens is 300 g/mol. The van der Waals surface area contributed by atoms with Gasteiger partial charge in [-0.15, -0.1) is 0 Å². The molecule has 3 nitrogen and oxygen atoms in total. The lowest BCUT2D eigenvalue weighted by Gasteiger charge is -2.08. The lowest BCUT2D eigenvalue weighted by molar-refractivity contribution is 0.112. The van der Waals surface area contributed by atoms with Gasteiger partial charge in [-0.3, -0.25) is 4.79 Å². The summed E-state index contributed by atoms with van der Waals surface area (Å²) < 4.78 is 5.94. The minimum atomic E-state index is 0.228. The van der Waals surface area contributed by atoms with E-state index < -0.39 is 0 Å². The lowest BCUT2D eigenvalue weighted by atomic mass is 10.1. The van der Waals surface area contributed by atoms with Gasteiger partial charge in [0.05, 0.1) is 0 Å². The third kappa shape index (κ3) is 2.68. The van der Waals surface area contributed by atoms with Crippen LogP contribution in [0.15, 0.2) is 72.8 Å². The Balaban J connectivity index is 1.71. The Morgan fingerprint density at radius 3 is 1.92 bits per heavy atom. The summed E-state index contributed by atoms with van der Waals surface area (Å²) in [6.45, 7) is 0. The zero-order chi connectivity index (χ0) is 16.5. The second-order valence-electron chi connectivity index (χ2n) is 5.68. The highest BCUT2D eigenvalue weighted by atomic mass is 16.5. The summed E-state index contributed by atoms with van der Waals surface area (Å²) in [5.41, 5.74) is 0.640. The number of phenolic OH excluding ortho intramolecular Hbond substituents is 1. The standard InChI is InChI=1S/C21H14O3/c22-13-14-1-2-15-4-7-20(11-17(15)9-14)24-21-8-5-16-3-6-19(23)10-18(16)12-21/h1-13,23H. The average Bonchev–Trinajstić information content (AvgIpc) is 2.60. The summed E-state index contributed by atoms with van der Waals surface area (Å²) in [5, 5.41) is 13.6. The smallest absolute Gasteiger partial charge is 0.150 e. The predicted octanol–water partition coefficient (Wildman–Crippen LogP) is 5.30. The van der Waals surface area contributed by atoms with Crippen LogP contribution >= 0.6 is 0 Å². The Morgan fingerprint density at radius 2 is 1.25 bits per heavy atom. The van der Waals surface area contributed by atoms with E-state index in [4.69, 9.17) is 4.74 Å². The molecule has 4 aromatic carbocycles. The maximum Gasteiger partial charge on any atom is 0.150 e. The van der Waals surface area contributed by atoms with Gasteiger partial charge in [-0.1, -0.05) is 30.3 Å². The van der Waals surface area contributed by atoms with Gasteiger partial charge in [0.25, 0.3) is 0 Å². The molecule has 0 spiro atoms. The average molecular weight is 314 g/mol. The third-order valence-electron chi connectivity index (χ3n) is 4.00. The SMILES string of the molecule is O=Cc1ccc2ccc(Oc3ccc4ccc(O)cc4c3)cc2c1. The Bertz CT molecular complexity index is 1070. The molecule has 0 aromatic heterocycles. The van der Waals surface area contributed by atoms with Crippen molar-refractivity contribution in [1.29, 1.82) is 0 Å². The minimum absolute atomic E-state index is 0.228. The molecule has 0 atom stereocenters. The van der Waals surface area contributed by atoms with Crippen LogP contribution in [-0.4, -0.2) is 11.4 Å². The van der Waals surface area contributed by atoms with Crippen molar-refractivity contribution < 1.29 is 14.6 Å². The van der Waals surface area contributed by atoms with E-state index in [1.54, 1.807) is 18.2 Å². The van der Waals surface area contributed by atoms with Crippen LogP contribution in [-0.2, 0) is 0 Å². The second-order valence-corrected chi connectivity index (χ2v) is 5.68. The highest BCUT2D eigenvalue weighted by molar-refractivity contribution is 5.90. The largest absolute Gasteiger partial charge is 0.508 e. The molecule has 0 radical (unpaired) electrons. The molecular formula is C21H14O3.